The highest BCUT2D eigenvalue weighted by molar-refractivity contribution is 6.04. The Morgan fingerprint density at radius 2 is 2.17 bits per heavy atom. The zero-order chi connectivity index (χ0) is 16.7. The monoisotopic (exact) mass is 324 g/mol. The largest absolute Gasteiger partial charge is 0.319 e. The number of amides is 1. The van der Waals surface area contributed by atoms with Crippen LogP contribution >= 0.6 is 0 Å². The number of aromatic nitrogens is 3. The van der Waals surface area contributed by atoms with E-state index in [1.165, 1.54) is 12.5 Å². The first kappa shape index (κ1) is 14.8. The van der Waals surface area contributed by atoms with Gasteiger partial charge < -0.3 is 5.32 Å². The van der Waals surface area contributed by atoms with E-state index in [2.05, 4.69) is 15.4 Å². The van der Waals surface area contributed by atoms with Crippen LogP contribution in [0.1, 0.15) is 41.5 Å². The van der Waals surface area contributed by atoms with Crippen molar-refractivity contribution in [3.05, 3.63) is 53.7 Å². The first-order valence-corrected chi connectivity index (χ1v) is 8.04. The van der Waals surface area contributed by atoms with Gasteiger partial charge in [-0.1, -0.05) is 12.1 Å². The minimum absolute atomic E-state index is 0.222. The van der Waals surface area contributed by atoms with E-state index in [1.54, 1.807) is 42.1 Å². The van der Waals surface area contributed by atoms with Gasteiger partial charge in [0.2, 0.25) is 0 Å². The van der Waals surface area contributed by atoms with Crippen LogP contribution < -0.4 is 5.32 Å². The molecular formula is C18H17FN4O. The zero-order valence-electron chi connectivity index (χ0n) is 13.3. The third-order valence-electron chi connectivity index (χ3n) is 4.56. The topological polar surface area (TPSA) is 59.8 Å². The number of anilines is 1. The molecule has 1 N–H and O–H groups in total. The summed E-state index contributed by atoms with van der Waals surface area (Å²) < 4.78 is 15.6. The second kappa shape index (κ2) is 5.70. The molecule has 5 nitrogen and oxygen atoms in total. The molecule has 1 saturated carbocycles. The minimum Gasteiger partial charge on any atom is -0.319 e. The number of carbonyl (C=O) groups excluding carboxylic acids is 1. The van der Waals surface area contributed by atoms with E-state index >= 15 is 0 Å². The van der Waals surface area contributed by atoms with Crippen LogP contribution in [0.4, 0.5) is 10.1 Å². The lowest BCUT2D eigenvalue weighted by atomic mass is 9.93. The SMILES string of the molecule is Cc1nc2c(F)cccc2cc1NC(=O)c1ccnn1C1CCC1. The highest BCUT2D eigenvalue weighted by atomic mass is 19.1. The molecule has 0 atom stereocenters. The van der Waals surface area contributed by atoms with Gasteiger partial charge in [-0.3, -0.25) is 9.48 Å². The van der Waals surface area contributed by atoms with Crippen molar-refractivity contribution in [2.45, 2.75) is 32.2 Å². The zero-order valence-corrected chi connectivity index (χ0v) is 13.3. The fraction of sp³-hybridized carbons (Fsp3) is 0.278. The molecule has 4 rings (SSSR count). The van der Waals surface area contributed by atoms with E-state index < -0.39 is 0 Å². The van der Waals surface area contributed by atoms with Crippen LogP contribution in [0.15, 0.2) is 36.5 Å². The number of rotatable bonds is 3. The summed E-state index contributed by atoms with van der Waals surface area (Å²) >= 11 is 0. The quantitative estimate of drug-likeness (QED) is 0.796. The van der Waals surface area contributed by atoms with Crippen molar-refractivity contribution in [3.63, 3.8) is 0 Å². The number of nitrogens with zero attached hydrogens (tertiary/aromatic N) is 3. The third-order valence-corrected chi connectivity index (χ3v) is 4.56. The first-order valence-electron chi connectivity index (χ1n) is 8.04. The fourth-order valence-electron chi connectivity index (χ4n) is 2.98. The van der Waals surface area contributed by atoms with Crippen LogP contribution in [0.2, 0.25) is 0 Å². The molecule has 1 amide bonds. The standard InChI is InChI=1S/C18H17FN4O/c1-11-15(10-12-4-2-7-14(19)17(12)21-11)22-18(24)16-8-9-20-23(16)13-5-3-6-13/h2,4,7-10,13H,3,5-6H2,1H3,(H,22,24). The number of benzene rings is 1. The Hall–Kier alpha value is -2.76. The van der Waals surface area contributed by atoms with Gasteiger partial charge in [0.05, 0.1) is 17.4 Å². The van der Waals surface area contributed by atoms with Crippen molar-refractivity contribution in [1.29, 1.82) is 0 Å². The Balaban J connectivity index is 1.65. The lowest BCUT2D eigenvalue weighted by Crippen LogP contribution is -2.25. The highest BCUT2D eigenvalue weighted by Crippen LogP contribution is 2.32. The van der Waals surface area contributed by atoms with E-state index in [0.29, 0.717) is 34.0 Å². The normalized spacial score (nSPS) is 14.6. The fourth-order valence-corrected chi connectivity index (χ4v) is 2.98. The first-order chi connectivity index (χ1) is 11.6. The van der Waals surface area contributed by atoms with Gasteiger partial charge in [0.25, 0.3) is 5.91 Å². The van der Waals surface area contributed by atoms with Crippen molar-refractivity contribution in [2.75, 3.05) is 5.32 Å². The van der Waals surface area contributed by atoms with Crippen molar-refractivity contribution in [2.24, 2.45) is 0 Å². The average Bonchev–Trinajstić information content (AvgIpc) is 2.96. The van der Waals surface area contributed by atoms with E-state index in [1.807, 2.05) is 0 Å². The number of aryl methyl sites for hydroxylation is 1. The molecule has 1 aliphatic rings. The number of hydrogen-bond donors (Lipinski definition) is 1. The lowest BCUT2D eigenvalue weighted by Gasteiger charge is -2.27. The van der Waals surface area contributed by atoms with Gasteiger partial charge >= 0.3 is 0 Å². The van der Waals surface area contributed by atoms with Gasteiger partial charge in [-0.05, 0) is 44.4 Å². The summed E-state index contributed by atoms with van der Waals surface area (Å²) in [6.45, 7) is 1.75. The second-order valence-electron chi connectivity index (χ2n) is 6.13. The molecule has 0 bridgehead atoms. The van der Waals surface area contributed by atoms with Gasteiger partial charge in [-0.2, -0.15) is 5.10 Å². The summed E-state index contributed by atoms with van der Waals surface area (Å²) in [5.41, 5.74) is 2.01. The smallest absolute Gasteiger partial charge is 0.273 e. The molecule has 0 aliphatic heterocycles. The maximum absolute atomic E-state index is 13.8. The molecule has 6 heteroatoms. The van der Waals surface area contributed by atoms with Crippen molar-refractivity contribution < 1.29 is 9.18 Å². The van der Waals surface area contributed by atoms with E-state index in [4.69, 9.17) is 0 Å². The number of hydrogen-bond acceptors (Lipinski definition) is 3. The summed E-state index contributed by atoms with van der Waals surface area (Å²) in [5.74, 6) is -0.586. The summed E-state index contributed by atoms with van der Waals surface area (Å²) in [5, 5.41) is 7.81. The molecule has 0 saturated heterocycles. The number of nitrogens with one attached hydrogen (secondary N) is 1. The number of para-hydroxylation sites is 1. The molecule has 122 valence electrons. The highest BCUT2D eigenvalue weighted by Gasteiger charge is 2.24. The number of fused-ring (bicyclic) bond motifs is 1. The second-order valence-corrected chi connectivity index (χ2v) is 6.13. The van der Waals surface area contributed by atoms with E-state index in [-0.39, 0.29) is 11.7 Å². The summed E-state index contributed by atoms with van der Waals surface area (Å²) in [4.78, 5) is 16.9. The number of carbonyl (C=O) groups is 1. The molecular weight excluding hydrogens is 307 g/mol. The Labute approximate surface area is 138 Å². The molecule has 0 unspecified atom stereocenters. The molecule has 1 aromatic carbocycles. The van der Waals surface area contributed by atoms with Crippen molar-refractivity contribution >= 4 is 22.5 Å². The number of halogens is 1. The van der Waals surface area contributed by atoms with Crippen LogP contribution in [-0.4, -0.2) is 20.7 Å². The molecule has 2 heterocycles. The average molecular weight is 324 g/mol. The van der Waals surface area contributed by atoms with Crippen LogP contribution in [0.3, 0.4) is 0 Å². The van der Waals surface area contributed by atoms with Crippen LogP contribution in [-0.2, 0) is 0 Å². The summed E-state index contributed by atoms with van der Waals surface area (Å²) in [6, 6.07) is 8.57. The Kier molecular flexibility index (Phi) is 3.52. The van der Waals surface area contributed by atoms with Crippen LogP contribution in [0.5, 0.6) is 0 Å². The lowest BCUT2D eigenvalue weighted by molar-refractivity contribution is 0.100. The van der Waals surface area contributed by atoms with Crippen molar-refractivity contribution in [3.8, 4) is 0 Å². The van der Waals surface area contributed by atoms with Gasteiger partial charge in [0, 0.05) is 11.6 Å². The molecule has 1 aliphatic carbocycles. The Morgan fingerprint density at radius 3 is 2.92 bits per heavy atom. The van der Waals surface area contributed by atoms with Crippen LogP contribution in [0, 0.1) is 12.7 Å². The van der Waals surface area contributed by atoms with Crippen LogP contribution in [0.25, 0.3) is 10.9 Å². The third kappa shape index (κ3) is 2.44. The van der Waals surface area contributed by atoms with Gasteiger partial charge in [-0.25, -0.2) is 9.37 Å². The predicted octanol–water partition coefficient (Wildman–Crippen LogP) is 3.86. The number of pyridine rings is 1. The molecule has 24 heavy (non-hydrogen) atoms. The molecule has 3 aromatic rings. The van der Waals surface area contributed by atoms with E-state index in [0.717, 1.165) is 12.8 Å². The summed E-state index contributed by atoms with van der Waals surface area (Å²) in [6.07, 6.45) is 4.93. The van der Waals surface area contributed by atoms with E-state index in [9.17, 15) is 9.18 Å². The molecule has 1 fully saturated rings. The molecule has 2 aromatic heterocycles. The van der Waals surface area contributed by atoms with Gasteiger partial charge in [-0.15, -0.1) is 0 Å². The van der Waals surface area contributed by atoms with Crippen molar-refractivity contribution in [1.82, 2.24) is 14.8 Å². The Morgan fingerprint density at radius 1 is 1.33 bits per heavy atom. The predicted molar refractivity (Wildman–Crippen MR) is 89.5 cm³/mol. The molecule has 0 radical (unpaired) electrons. The maximum Gasteiger partial charge on any atom is 0.273 e. The van der Waals surface area contributed by atoms with Gasteiger partial charge in [0.1, 0.15) is 17.0 Å². The molecule has 0 spiro atoms. The summed E-state index contributed by atoms with van der Waals surface area (Å²) in [7, 11) is 0. The maximum atomic E-state index is 13.8. The van der Waals surface area contributed by atoms with Gasteiger partial charge in [0.15, 0.2) is 0 Å². The minimum atomic E-state index is -0.364. The Bertz CT molecular complexity index is 930.